The molecule has 2 heterocycles. The van der Waals surface area contributed by atoms with Crippen LogP contribution >= 0.6 is 11.3 Å². The lowest BCUT2D eigenvalue weighted by Gasteiger charge is -2.44. The first-order valence-corrected chi connectivity index (χ1v) is 10.8. The zero-order valence-corrected chi connectivity index (χ0v) is 18.0. The van der Waals surface area contributed by atoms with Crippen LogP contribution in [0.15, 0.2) is 36.4 Å². The molecule has 1 aromatic heterocycles. The SMILES string of the molecule is Cc1cc(CO)cc(CN2C(C)CN(c3nc4ccc(C)cc4s3)CC2C)c1. The van der Waals surface area contributed by atoms with Gasteiger partial charge in [0, 0.05) is 31.7 Å². The Hall–Kier alpha value is -1.95. The van der Waals surface area contributed by atoms with Crippen molar-refractivity contribution in [1.29, 1.82) is 0 Å². The van der Waals surface area contributed by atoms with E-state index in [1.807, 2.05) is 0 Å². The third kappa shape index (κ3) is 3.93. The van der Waals surface area contributed by atoms with E-state index in [1.54, 1.807) is 11.3 Å². The molecule has 0 radical (unpaired) electrons. The van der Waals surface area contributed by atoms with Crippen LogP contribution in [-0.4, -0.2) is 40.2 Å². The molecule has 1 aliphatic rings. The monoisotopic (exact) mass is 395 g/mol. The van der Waals surface area contributed by atoms with Crippen LogP contribution in [0.1, 0.15) is 36.1 Å². The van der Waals surface area contributed by atoms with Crippen LogP contribution < -0.4 is 4.90 Å². The number of aliphatic hydroxyl groups is 1. The minimum absolute atomic E-state index is 0.102. The number of anilines is 1. The third-order valence-electron chi connectivity index (χ3n) is 5.65. The van der Waals surface area contributed by atoms with Gasteiger partial charge in [0.15, 0.2) is 5.13 Å². The van der Waals surface area contributed by atoms with Crippen LogP contribution in [0.25, 0.3) is 10.2 Å². The number of thiazole rings is 1. The second-order valence-electron chi connectivity index (χ2n) is 8.23. The maximum Gasteiger partial charge on any atom is 0.186 e. The van der Waals surface area contributed by atoms with Gasteiger partial charge in [-0.25, -0.2) is 4.98 Å². The molecule has 0 amide bonds. The van der Waals surface area contributed by atoms with Gasteiger partial charge < -0.3 is 10.0 Å². The van der Waals surface area contributed by atoms with Gasteiger partial charge in [0.05, 0.1) is 16.8 Å². The van der Waals surface area contributed by atoms with Crippen LogP contribution in [0.2, 0.25) is 0 Å². The van der Waals surface area contributed by atoms with E-state index in [0.717, 1.165) is 35.8 Å². The molecule has 2 unspecified atom stereocenters. The second-order valence-corrected chi connectivity index (χ2v) is 9.24. The number of aromatic nitrogens is 1. The molecular weight excluding hydrogens is 366 g/mol. The Balaban J connectivity index is 1.51. The van der Waals surface area contributed by atoms with Gasteiger partial charge in [0.2, 0.25) is 0 Å². The minimum Gasteiger partial charge on any atom is -0.392 e. The Kier molecular flexibility index (Phi) is 5.41. The molecule has 3 aromatic rings. The van der Waals surface area contributed by atoms with E-state index in [9.17, 15) is 5.11 Å². The predicted octanol–water partition coefficient (Wildman–Crippen LogP) is 4.50. The summed E-state index contributed by atoms with van der Waals surface area (Å²) >= 11 is 1.80. The van der Waals surface area contributed by atoms with Crippen molar-refractivity contribution in [2.45, 2.75) is 52.9 Å². The normalized spacial score (nSPS) is 20.8. The van der Waals surface area contributed by atoms with Gasteiger partial charge in [-0.15, -0.1) is 0 Å². The number of nitrogens with zero attached hydrogens (tertiary/aromatic N) is 3. The number of fused-ring (bicyclic) bond motifs is 1. The van der Waals surface area contributed by atoms with E-state index in [2.05, 4.69) is 73.9 Å². The summed E-state index contributed by atoms with van der Waals surface area (Å²) in [7, 11) is 0. The first-order valence-electron chi connectivity index (χ1n) is 10.0. The summed E-state index contributed by atoms with van der Waals surface area (Å²) in [6, 6.07) is 13.8. The minimum atomic E-state index is 0.102. The number of hydrogen-bond acceptors (Lipinski definition) is 5. The third-order valence-corrected chi connectivity index (χ3v) is 6.73. The van der Waals surface area contributed by atoms with Gasteiger partial charge in [-0.05, 0) is 56.5 Å². The molecule has 0 saturated carbocycles. The molecule has 1 fully saturated rings. The lowest BCUT2D eigenvalue weighted by Crippen LogP contribution is -2.56. The highest BCUT2D eigenvalue weighted by Crippen LogP contribution is 2.32. The van der Waals surface area contributed by atoms with Crippen molar-refractivity contribution in [2.75, 3.05) is 18.0 Å². The molecule has 1 saturated heterocycles. The number of piperazine rings is 1. The van der Waals surface area contributed by atoms with Crippen LogP contribution in [0.5, 0.6) is 0 Å². The lowest BCUT2D eigenvalue weighted by atomic mass is 10.0. The summed E-state index contributed by atoms with van der Waals surface area (Å²) in [5.74, 6) is 0. The van der Waals surface area contributed by atoms with Gasteiger partial charge in [0.1, 0.15) is 0 Å². The molecule has 0 aliphatic carbocycles. The maximum atomic E-state index is 9.51. The topological polar surface area (TPSA) is 39.6 Å². The first-order chi connectivity index (χ1) is 13.4. The van der Waals surface area contributed by atoms with Gasteiger partial charge in [-0.1, -0.05) is 41.2 Å². The smallest absolute Gasteiger partial charge is 0.186 e. The number of aryl methyl sites for hydroxylation is 2. The van der Waals surface area contributed by atoms with Crippen molar-refractivity contribution in [3.63, 3.8) is 0 Å². The average Bonchev–Trinajstić information content (AvgIpc) is 3.07. The Morgan fingerprint density at radius 1 is 1.00 bits per heavy atom. The molecule has 1 aliphatic heterocycles. The molecule has 1 N–H and O–H groups in total. The van der Waals surface area contributed by atoms with E-state index in [-0.39, 0.29) is 6.61 Å². The number of rotatable bonds is 4. The zero-order chi connectivity index (χ0) is 19.8. The van der Waals surface area contributed by atoms with Crippen molar-refractivity contribution >= 4 is 26.7 Å². The fourth-order valence-electron chi connectivity index (χ4n) is 4.32. The van der Waals surface area contributed by atoms with Gasteiger partial charge >= 0.3 is 0 Å². The Morgan fingerprint density at radius 3 is 2.43 bits per heavy atom. The quantitative estimate of drug-likeness (QED) is 0.706. The summed E-state index contributed by atoms with van der Waals surface area (Å²) in [5, 5.41) is 10.6. The fourth-order valence-corrected chi connectivity index (χ4v) is 5.40. The van der Waals surface area contributed by atoms with Crippen molar-refractivity contribution in [1.82, 2.24) is 9.88 Å². The van der Waals surface area contributed by atoms with E-state index in [4.69, 9.17) is 4.98 Å². The van der Waals surface area contributed by atoms with Crippen LogP contribution in [-0.2, 0) is 13.2 Å². The molecule has 0 spiro atoms. The van der Waals surface area contributed by atoms with E-state index >= 15 is 0 Å². The van der Waals surface area contributed by atoms with Gasteiger partial charge in [-0.3, -0.25) is 4.90 Å². The molecule has 28 heavy (non-hydrogen) atoms. The van der Waals surface area contributed by atoms with Crippen molar-refractivity contribution in [3.8, 4) is 0 Å². The summed E-state index contributed by atoms with van der Waals surface area (Å²) in [6.45, 7) is 11.8. The largest absolute Gasteiger partial charge is 0.392 e. The predicted molar refractivity (Wildman–Crippen MR) is 118 cm³/mol. The van der Waals surface area contributed by atoms with Crippen molar-refractivity contribution in [2.24, 2.45) is 0 Å². The molecule has 4 nitrogen and oxygen atoms in total. The molecular formula is C23H29N3OS. The highest BCUT2D eigenvalue weighted by atomic mass is 32.1. The Morgan fingerprint density at radius 2 is 1.71 bits per heavy atom. The van der Waals surface area contributed by atoms with Crippen LogP contribution in [0, 0.1) is 13.8 Å². The van der Waals surface area contributed by atoms with E-state index in [0.29, 0.717) is 12.1 Å². The Labute approximate surface area is 171 Å². The number of benzene rings is 2. The van der Waals surface area contributed by atoms with Gasteiger partial charge in [-0.2, -0.15) is 0 Å². The van der Waals surface area contributed by atoms with Crippen LogP contribution in [0.4, 0.5) is 5.13 Å². The van der Waals surface area contributed by atoms with Crippen LogP contribution in [0.3, 0.4) is 0 Å². The summed E-state index contributed by atoms with van der Waals surface area (Å²) < 4.78 is 1.27. The molecule has 2 atom stereocenters. The summed E-state index contributed by atoms with van der Waals surface area (Å²) in [4.78, 5) is 9.91. The van der Waals surface area contributed by atoms with Gasteiger partial charge in [0.25, 0.3) is 0 Å². The molecule has 0 bridgehead atoms. The summed E-state index contributed by atoms with van der Waals surface area (Å²) in [6.07, 6.45) is 0. The molecule has 4 rings (SSSR count). The molecule has 2 aromatic carbocycles. The maximum absolute atomic E-state index is 9.51. The standard InChI is InChI=1S/C23H29N3OS/c1-15-5-6-21-22(9-15)28-23(24-21)25-11-17(3)26(18(4)12-25)13-19-7-16(2)8-20(10-19)14-27/h5-10,17-18,27H,11-14H2,1-4H3. The van der Waals surface area contributed by atoms with E-state index in [1.165, 1.54) is 21.4 Å². The van der Waals surface area contributed by atoms with Crippen molar-refractivity contribution < 1.29 is 5.11 Å². The zero-order valence-electron chi connectivity index (χ0n) is 17.1. The second kappa shape index (κ2) is 7.82. The molecule has 5 heteroatoms. The first kappa shape index (κ1) is 19.4. The Bertz CT molecular complexity index is 971. The molecule has 148 valence electrons. The highest BCUT2D eigenvalue weighted by molar-refractivity contribution is 7.22. The highest BCUT2D eigenvalue weighted by Gasteiger charge is 2.30. The average molecular weight is 396 g/mol. The summed E-state index contributed by atoms with van der Waals surface area (Å²) in [5.41, 5.74) is 5.88. The fraction of sp³-hybridized carbons (Fsp3) is 0.435. The van der Waals surface area contributed by atoms with Crippen molar-refractivity contribution in [3.05, 3.63) is 58.7 Å². The number of aliphatic hydroxyl groups excluding tert-OH is 1. The number of hydrogen-bond donors (Lipinski definition) is 1. The van der Waals surface area contributed by atoms with E-state index < -0.39 is 0 Å². The lowest BCUT2D eigenvalue weighted by molar-refractivity contribution is 0.123.